The third-order valence-electron chi connectivity index (χ3n) is 4.74. The molecular weight excluding hydrogens is 429 g/mol. The summed E-state index contributed by atoms with van der Waals surface area (Å²) in [5, 5.41) is 19.6. The standard InChI is InChI=1S/C19H18N3O8P/c20-9-6-13-16(24)14(8-11-31(27,28)29)30-18(13)21-10-7-15(23)22(19(21)26)17(25)12-4-2-1-3-5-12/h1-5,7-8,10-11,13-14,16,18,24H,6H2,(H2,27,28,29)/b11-8+/t13-,14-,16+,18-/m1/s1. The van der Waals surface area contributed by atoms with Crippen molar-refractivity contribution in [2.24, 2.45) is 5.92 Å². The van der Waals surface area contributed by atoms with Gasteiger partial charge in [0.05, 0.1) is 12.2 Å². The van der Waals surface area contributed by atoms with Crippen LogP contribution in [-0.4, -0.2) is 42.1 Å². The minimum atomic E-state index is -4.54. The molecule has 0 spiro atoms. The number of aliphatic hydroxyl groups excluding tert-OH is 1. The van der Waals surface area contributed by atoms with Crippen LogP contribution >= 0.6 is 7.60 Å². The van der Waals surface area contributed by atoms with Crippen LogP contribution in [0.1, 0.15) is 23.0 Å². The molecule has 0 aliphatic carbocycles. The second-order valence-electron chi connectivity index (χ2n) is 6.79. The van der Waals surface area contributed by atoms with Gasteiger partial charge in [0.25, 0.3) is 11.5 Å². The maximum absolute atomic E-state index is 13.0. The predicted molar refractivity (Wildman–Crippen MR) is 106 cm³/mol. The topological polar surface area (TPSA) is 172 Å². The van der Waals surface area contributed by atoms with Crippen molar-refractivity contribution in [1.29, 1.82) is 5.26 Å². The van der Waals surface area contributed by atoms with E-state index in [0.717, 1.165) is 22.9 Å². The first-order valence-corrected chi connectivity index (χ1v) is 10.7. The van der Waals surface area contributed by atoms with Crippen LogP contribution in [0.4, 0.5) is 0 Å². The Morgan fingerprint density at radius 2 is 1.90 bits per heavy atom. The van der Waals surface area contributed by atoms with E-state index in [2.05, 4.69) is 0 Å². The predicted octanol–water partition coefficient (Wildman–Crippen LogP) is 0.178. The Hall–Kier alpha value is -3.13. The summed E-state index contributed by atoms with van der Waals surface area (Å²) in [5.41, 5.74) is -1.81. The zero-order chi connectivity index (χ0) is 22.8. The summed E-state index contributed by atoms with van der Waals surface area (Å²) < 4.78 is 18.0. The summed E-state index contributed by atoms with van der Waals surface area (Å²) >= 11 is 0. The highest BCUT2D eigenvalue weighted by atomic mass is 31.2. The minimum Gasteiger partial charge on any atom is -0.390 e. The first-order chi connectivity index (χ1) is 14.6. The average molecular weight is 447 g/mol. The molecule has 0 bridgehead atoms. The van der Waals surface area contributed by atoms with Gasteiger partial charge in [-0.25, -0.2) is 4.79 Å². The van der Waals surface area contributed by atoms with Gasteiger partial charge >= 0.3 is 13.3 Å². The molecule has 2 aromatic rings. The fourth-order valence-electron chi connectivity index (χ4n) is 3.29. The van der Waals surface area contributed by atoms with Crippen molar-refractivity contribution in [3.8, 4) is 6.07 Å². The van der Waals surface area contributed by atoms with E-state index in [-0.39, 0.29) is 12.0 Å². The van der Waals surface area contributed by atoms with E-state index in [4.69, 9.17) is 19.8 Å². The van der Waals surface area contributed by atoms with Gasteiger partial charge in [-0.05, 0) is 18.2 Å². The van der Waals surface area contributed by atoms with Crippen molar-refractivity contribution in [2.75, 3.05) is 0 Å². The van der Waals surface area contributed by atoms with E-state index in [1.165, 1.54) is 12.1 Å². The van der Waals surface area contributed by atoms with Crippen molar-refractivity contribution < 1.29 is 29.0 Å². The average Bonchev–Trinajstić information content (AvgIpc) is 3.02. The largest absolute Gasteiger partial charge is 0.390 e. The van der Waals surface area contributed by atoms with Crippen LogP contribution in [0.25, 0.3) is 0 Å². The number of nitriles is 1. The van der Waals surface area contributed by atoms with Gasteiger partial charge < -0.3 is 19.6 Å². The molecule has 1 aromatic heterocycles. The number of carbonyl (C=O) groups excluding carboxylic acids is 1. The monoisotopic (exact) mass is 447 g/mol. The lowest BCUT2D eigenvalue weighted by atomic mass is 9.96. The smallest absolute Gasteiger partial charge is 0.348 e. The van der Waals surface area contributed by atoms with Crippen molar-refractivity contribution in [3.05, 3.63) is 80.9 Å². The van der Waals surface area contributed by atoms with Crippen molar-refractivity contribution in [3.63, 3.8) is 0 Å². The van der Waals surface area contributed by atoms with Gasteiger partial charge in [0.2, 0.25) is 0 Å². The summed E-state index contributed by atoms with van der Waals surface area (Å²) in [7, 11) is -4.54. The fraction of sp³-hybridized carbons (Fsp3) is 0.263. The third kappa shape index (κ3) is 4.80. The molecule has 4 atom stereocenters. The van der Waals surface area contributed by atoms with Crippen LogP contribution in [0.15, 0.2) is 64.1 Å². The maximum Gasteiger partial charge on any atom is 0.348 e. The van der Waals surface area contributed by atoms with Crippen LogP contribution in [0.5, 0.6) is 0 Å². The van der Waals surface area contributed by atoms with E-state index in [1.54, 1.807) is 18.2 Å². The zero-order valence-electron chi connectivity index (χ0n) is 15.9. The molecule has 3 N–H and O–H groups in total. The molecule has 0 radical (unpaired) electrons. The lowest BCUT2D eigenvalue weighted by Crippen LogP contribution is -2.45. The molecule has 1 fully saturated rings. The summed E-state index contributed by atoms with van der Waals surface area (Å²) in [6, 6.07) is 10.5. The van der Waals surface area contributed by atoms with E-state index in [1.807, 2.05) is 6.07 Å². The molecular formula is C19H18N3O8P. The first-order valence-electron chi connectivity index (χ1n) is 9.03. The molecule has 12 heteroatoms. The van der Waals surface area contributed by atoms with Gasteiger partial charge in [-0.15, -0.1) is 0 Å². The molecule has 2 heterocycles. The highest BCUT2D eigenvalue weighted by Crippen LogP contribution is 2.40. The Morgan fingerprint density at radius 1 is 1.23 bits per heavy atom. The number of hydrogen-bond acceptors (Lipinski definition) is 7. The van der Waals surface area contributed by atoms with Gasteiger partial charge in [-0.3, -0.25) is 18.7 Å². The Labute approximate surface area is 175 Å². The van der Waals surface area contributed by atoms with Gasteiger partial charge in [-0.1, -0.05) is 18.2 Å². The molecule has 11 nitrogen and oxygen atoms in total. The third-order valence-corrected chi connectivity index (χ3v) is 5.30. The SMILES string of the molecule is N#CC[C@@H]1[C@H](O)[C@@H](/C=C/P(=O)(O)O)O[C@H]1n1ccc(=O)n(C(=O)c2ccccc2)c1=O. The fourth-order valence-corrected chi connectivity index (χ4v) is 3.69. The summed E-state index contributed by atoms with van der Waals surface area (Å²) in [6.45, 7) is 0. The van der Waals surface area contributed by atoms with Crippen molar-refractivity contribution in [2.45, 2.75) is 24.9 Å². The van der Waals surface area contributed by atoms with E-state index < -0.39 is 49.1 Å². The molecule has 0 amide bonds. The van der Waals surface area contributed by atoms with Crippen LogP contribution in [0.2, 0.25) is 0 Å². The molecule has 1 aliphatic heterocycles. The summed E-state index contributed by atoms with van der Waals surface area (Å²) in [6.07, 6.45) is -2.09. The first kappa shape index (κ1) is 22.6. The quantitative estimate of drug-likeness (QED) is 0.541. The maximum atomic E-state index is 13.0. The van der Waals surface area contributed by atoms with Crippen LogP contribution in [0, 0.1) is 17.2 Å². The molecule has 3 rings (SSSR count). The normalized spacial score (nSPS) is 23.7. The summed E-state index contributed by atoms with van der Waals surface area (Å²) in [4.78, 5) is 56.0. The van der Waals surface area contributed by atoms with Gasteiger partial charge in [0.15, 0.2) is 0 Å². The number of rotatable bonds is 5. The molecule has 0 saturated carbocycles. The highest BCUT2D eigenvalue weighted by Gasteiger charge is 2.44. The van der Waals surface area contributed by atoms with E-state index in [9.17, 15) is 24.1 Å². The Kier molecular flexibility index (Phi) is 6.50. The molecule has 0 unspecified atom stereocenters. The van der Waals surface area contributed by atoms with Crippen LogP contribution in [-0.2, 0) is 9.30 Å². The second kappa shape index (κ2) is 8.93. The highest BCUT2D eigenvalue weighted by molar-refractivity contribution is 7.55. The molecule has 1 aromatic carbocycles. The number of carbonyl (C=O) groups is 1. The van der Waals surface area contributed by atoms with E-state index >= 15 is 0 Å². The number of nitrogens with zero attached hydrogens (tertiary/aromatic N) is 3. The Bertz CT molecular complexity index is 1210. The van der Waals surface area contributed by atoms with E-state index in [0.29, 0.717) is 10.4 Å². The van der Waals surface area contributed by atoms with Crippen LogP contribution in [0.3, 0.4) is 0 Å². The van der Waals surface area contributed by atoms with Crippen LogP contribution < -0.4 is 11.2 Å². The minimum absolute atomic E-state index is 0.0999. The lowest BCUT2D eigenvalue weighted by Gasteiger charge is -2.20. The molecule has 1 aliphatic rings. The molecule has 162 valence electrons. The number of ether oxygens (including phenoxy) is 1. The summed E-state index contributed by atoms with van der Waals surface area (Å²) in [5.74, 6) is -1.28. The van der Waals surface area contributed by atoms with Crippen molar-refractivity contribution in [1.82, 2.24) is 9.13 Å². The number of benzene rings is 1. The molecule has 31 heavy (non-hydrogen) atoms. The zero-order valence-corrected chi connectivity index (χ0v) is 16.8. The Morgan fingerprint density at radius 3 is 2.52 bits per heavy atom. The Balaban J connectivity index is 2.05. The number of hydrogen-bond donors (Lipinski definition) is 3. The van der Waals surface area contributed by atoms with Gasteiger partial charge in [0, 0.05) is 36.0 Å². The van der Waals surface area contributed by atoms with Crippen molar-refractivity contribution >= 4 is 13.5 Å². The van der Waals surface area contributed by atoms with Gasteiger partial charge in [0.1, 0.15) is 12.3 Å². The lowest BCUT2D eigenvalue weighted by molar-refractivity contribution is -0.00255. The number of aromatic nitrogens is 2. The van der Waals surface area contributed by atoms with Gasteiger partial charge in [-0.2, -0.15) is 9.83 Å². The molecule has 1 saturated heterocycles. The second-order valence-corrected chi connectivity index (χ2v) is 8.27. The number of aliphatic hydroxyl groups is 1.